The fourth-order valence-corrected chi connectivity index (χ4v) is 1.12. The monoisotopic (exact) mass is 206 g/mol. The first kappa shape index (κ1) is 11.6. The molecule has 0 aliphatic carbocycles. The van der Waals surface area contributed by atoms with Crippen LogP contribution in [-0.4, -0.2) is 11.5 Å². The van der Waals surface area contributed by atoms with Crippen LogP contribution in [0.3, 0.4) is 0 Å². The molecule has 2 heteroatoms. The van der Waals surface area contributed by atoms with Crippen LogP contribution >= 0.6 is 0 Å². The van der Waals surface area contributed by atoms with Crippen molar-refractivity contribution in [2.24, 2.45) is 0 Å². The van der Waals surface area contributed by atoms with E-state index in [0.717, 1.165) is 5.56 Å². The van der Waals surface area contributed by atoms with Gasteiger partial charge in [0.2, 0.25) is 0 Å². The minimum absolute atomic E-state index is 0.0383. The molecule has 0 radical (unpaired) electrons. The van der Waals surface area contributed by atoms with Crippen LogP contribution < -0.4 is 0 Å². The van der Waals surface area contributed by atoms with Gasteiger partial charge in [-0.1, -0.05) is 30.3 Å². The highest BCUT2D eigenvalue weighted by Crippen LogP contribution is 2.13. The van der Waals surface area contributed by atoms with E-state index in [0.29, 0.717) is 5.56 Å². The lowest BCUT2D eigenvalue weighted by Gasteiger charge is -2.06. The number of rotatable bonds is 3. The fourth-order valence-electron chi connectivity index (χ4n) is 1.12. The highest BCUT2D eigenvalue weighted by molar-refractivity contribution is 5.94. The minimum Gasteiger partial charge on any atom is -0.295 e. The Kier molecular flexibility index (Phi) is 3.40. The first-order valence-corrected chi connectivity index (χ1v) is 4.88. The predicted molar refractivity (Wildman–Crippen MR) is 60.7 cm³/mol. The summed E-state index contributed by atoms with van der Waals surface area (Å²) < 4.78 is 13.1. The van der Waals surface area contributed by atoms with Gasteiger partial charge in [0.05, 0.1) is 0 Å². The zero-order valence-electron chi connectivity index (χ0n) is 9.25. The average Bonchev–Trinajstić information content (AvgIpc) is 2.14. The number of benzene rings is 1. The third kappa shape index (κ3) is 4.07. The molecule has 0 saturated heterocycles. The molecular weight excluding hydrogens is 191 g/mol. The fraction of sp³-hybridized carbons (Fsp3) is 0.308. The van der Waals surface area contributed by atoms with Gasteiger partial charge in [0.1, 0.15) is 5.67 Å². The van der Waals surface area contributed by atoms with E-state index >= 15 is 0 Å². The second-order valence-electron chi connectivity index (χ2n) is 4.08. The second-order valence-corrected chi connectivity index (χ2v) is 4.08. The molecule has 80 valence electrons. The molecule has 1 rings (SSSR count). The van der Waals surface area contributed by atoms with Gasteiger partial charge in [-0.3, -0.25) is 4.79 Å². The lowest BCUT2D eigenvalue weighted by Crippen LogP contribution is -2.05. The first-order chi connectivity index (χ1) is 6.88. The van der Waals surface area contributed by atoms with E-state index in [9.17, 15) is 9.18 Å². The quantitative estimate of drug-likeness (QED) is 0.690. The van der Waals surface area contributed by atoms with Crippen molar-refractivity contribution in [1.29, 1.82) is 0 Å². The molecule has 0 saturated carbocycles. The molecule has 1 aromatic carbocycles. The molecule has 15 heavy (non-hydrogen) atoms. The van der Waals surface area contributed by atoms with Crippen LogP contribution in [0, 0.1) is 0 Å². The second kappa shape index (κ2) is 4.39. The van der Waals surface area contributed by atoms with Gasteiger partial charge in [0.25, 0.3) is 0 Å². The van der Waals surface area contributed by atoms with Crippen molar-refractivity contribution in [2.45, 2.75) is 26.4 Å². The van der Waals surface area contributed by atoms with Crippen molar-refractivity contribution in [2.75, 3.05) is 0 Å². The third-order valence-corrected chi connectivity index (χ3v) is 1.99. The van der Waals surface area contributed by atoms with E-state index in [1.54, 1.807) is 30.3 Å². The summed E-state index contributed by atoms with van der Waals surface area (Å²) in [5, 5.41) is 0. The van der Waals surface area contributed by atoms with Crippen molar-refractivity contribution in [3.63, 3.8) is 0 Å². The van der Waals surface area contributed by atoms with E-state index in [-0.39, 0.29) is 5.78 Å². The Balaban J connectivity index is 2.82. The minimum atomic E-state index is -1.31. The van der Waals surface area contributed by atoms with Gasteiger partial charge < -0.3 is 0 Å². The Morgan fingerprint density at radius 1 is 1.27 bits per heavy atom. The zero-order valence-corrected chi connectivity index (χ0v) is 9.25. The van der Waals surface area contributed by atoms with Crippen LogP contribution in [0.2, 0.25) is 0 Å². The number of carbonyl (C=O) groups excluding carboxylic acids is 1. The highest BCUT2D eigenvalue weighted by atomic mass is 19.1. The number of carbonyl (C=O) groups is 1. The number of alkyl halides is 1. The van der Waals surface area contributed by atoms with E-state index in [1.165, 1.54) is 26.8 Å². The molecule has 0 bridgehead atoms. The Morgan fingerprint density at radius 3 is 2.20 bits per heavy atom. The summed E-state index contributed by atoms with van der Waals surface area (Å²) in [4.78, 5) is 11.0. The summed E-state index contributed by atoms with van der Waals surface area (Å²) in [7, 11) is 0. The molecule has 0 N–H and O–H groups in total. The zero-order chi connectivity index (χ0) is 11.5. The number of allylic oxidation sites excluding steroid dienone is 1. The topological polar surface area (TPSA) is 17.1 Å². The van der Waals surface area contributed by atoms with Gasteiger partial charge in [0, 0.05) is 5.56 Å². The number of hydrogen-bond acceptors (Lipinski definition) is 1. The van der Waals surface area contributed by atoms with Crippen LogP contribution in [0.5, 0.6) is 0 Å². The maximum Gasteiger partial charge on any atom is 0.159 e. The van der Waals surface area contributed by atoms with Gasteiger partial charge in [-0.15, -0.1) is 0 Å². The maximum atomic E-state index is 13.1. The van der Waals surface area contributed by atoms with Crippen molar-refractivity contribution in [1.82, 2.24) is 0 Å². The van der Waals surface area contributed by atoms with Crippen LogP contribution in [0.25, 0.3) is 6.08 Å². The number of ketones is 1. The number of Topliss-reactive ketones (excluding diaryl/α,β-unsaturated/α-hetero) is 1. The Bertz CT molecular complexity index is 369. The summed E-state index contributed by atoms with van der Waals surface area (Å²) in [6.45, 7) is 4.51. The summed E-state index contributed by atoms with van der Waals surface area (Å²) in [5.74, 6) is 0.0383. The summed E-state index contributed by atoms with van der Waals surface area (Å²) in [5.41, 5.74) is 0.261. The molecule has 0 aliphatic heterocycles. The summed E-state index contributed by atoms with van der Waals surface area (Å²) >= 11 is 0. The molecule has 0 atom stereocenters. The molecule has 1 nitrogen and oxygen atoms in total. The molecule has 0 spiro atoms. The maximum absolute atomic E-state index is 13.1. The third-order valence-electron chi connectivity index (χ3n) is 1.99. The lowest BCUT2D eigenvalue weighted by atomic mass is 10.1. The Labute approximate surface area is 89.6 Å². The molecule has 0 aliphatic rings. The first-order valence-electron chi connectivity index (χ1n) is 4.88. The van der Waals surface area contributed by atoms with Gasteiger partial charge >= 0.3 is 0 Å². The molecule has 0 fully saturated rings. The van der Waals surface area contributed by atoms with Crippen molar-refractivity contribution in [3.05, 3.63) is 41.5 Å². The van der Waals surface area contributed by atoms with Crippen molar-refractivity contribution >= 4 is 11.9 Å². The normalized spacial score (nSPS) is 12.0. The van der Waals surface area contributed by atoms with Gasteiger partial charge in [-0.2, -0.15) is 0 Å². The number of halogens is 1. The smallest absolute Gasteiger partial charge is 0.159 e. The van der Waals surface area contributed by atoms with Crippen molar-refractivity contribution in [3.8, 4) is 0 Å². The van der Waals surface area contributed by atoms with E-state index in [2.05, 4.69) is 0 Å². The van der Waals surface area contributed by atoms with E-state index < -0.39 is 5.67 Å². The lowest BCUT2D eigenvalue weighted by molar-refractivity contribution is 0.101. The standard InChI is InChI=1S/C13H15FO/c1-10(15)12-6-4-11(5-7-12)8-9-13(2,3)14/h4-9H,1-3H3/b9-8+. The van der Waals surface area contributed by atoms with Crippen LogP contribution in [0.4, 0.5) is 4.39 Å². The van der Waals surface area contributed by atoms with Crippen LogP contribution in [-0.2, 0) is 0 Å². The molecule has 0 aromatic heterocycles. The van der Waals surface area contributed by atoms with E-state index in [1.807, 2.05) is 0 Å². The van der Waals surface area contributed by atoms with E-state index in [4.69, 9.17) is 0 Å². The predicted octanol–water partition coefficient (Wildman–Crippen LogP) is 3.65. The van der Waals surface area contributed by atoms with Crippen LogP contribution in [0.15, 0.2) is 30.3 Å². The molecule has 0 amide bonds. The highest BCUT2D eigenvalue weighted by Gasteiger charge is 2.08. The SMILES string of the molecule is CC(=O)c1ccc(/C=C/C(C)(C)F)cc1. The molecule has 1 aromatic rings. The molecular formula is C13H15FO. The number of hydrogen-bond donors (Lipinski definition) is 0. The Hall–Kier alpha value is -1.44. The summed E-state index contributed by atoms with van der Waals surface area (Å²) in [6, 6.07) is 7.10. The largest absolute Gasteiger partial charge is 0.295 e. The van der Waals surface area contributed by atoms with Crippen LogP contribution in [0.1, 0.15) is 36.7 Å². The Morgan fingerprint density at radius 2 is 1.80 bits per heavy atom. The van der Waals surface area contributed by atoms with Gasteiger partial charge in [0.15, 0.2) is 5.78 Å². The van der Waals surface area contributed by atoms with Gasteiger partial charge in [-0.25, -0.2) is 4.39 Å². The average molecular weight is 206 g/mol. The molecule has 0 heterocycles. The van der Waals surface area contributed by atoms with Crippen molar-refractivity contribution < 1.29 is 9.18 Å². The molecule has 0 unspecified atom stereocenters. The van der Waals surface area contributed by atoms with Gasteiger partial charge in [-0.05, 0) is 32.4 Å². The summed E-state index contributed by atoms with van der Waals surface area (Å²) in [6.07, 6.45) is 3.21.